The molecular weight excluding hydrogens is 132 g/mol. The molecule has 32 valence electrons. The van der Waals surface area contributed by atoms with E-state index in [4.69, 9.17) is 14.7 Å². The molecule has 0 radical (unpaired) electrons. The molecule has 0 saturated carbocycles. The van der Waals surface area contributed by atoms with E-state index in [-0.39, 0.29) is 56.6 Å². The Kier molecular flexibility index (Phi) is 26.2. The van der Waals surface area contributed by atoms with Crippen LogP contribution >= 0.6 is 6.72 Å². The molecule has 0 amide bonds. The summed E-state index contributed by atoms with van der Waals surface area (Å²) in [7, 11) is 0. The minimum atomic E-state index is -4.56. The average Bonchev–Trinajstić information content (AvgIpc) is 0.722. The average molecular weight is 132 g/mol. The first kappa shape index (κ1) is 22.4. The number of hydrogen-bond acceptors (Lipinski definition) is 4. The molecule has 0 aliphatic heterocycles. The van der Waals surface area contributed by atoms with Gasteiger partial charge >= 0.3 is 56.6 Å². The second kappa shape index (κ2) is 9.32. The predicted molar refractivity (Wildman–Crippen MR) is 14.3 cm³/mol. The Bertz CT molecular complexity index is 60.7. The molecule has 0 rings (SSSR count). The summed E-state index contributed by atoms with van der Waals surface area (Å²) < 4.78 is 0. The van der Waals surface area contributed by atoms with Crippen molar-refractivity contribution in [1.82, 2.24) is 0 Å². The molecule has 0 heterocycles. The molecule has 0 aliphatic rings. The number of hydrogen-bond donors (Lipinski definition) is 0. The first-order valence-corrected chi connectivity index (χ1v) is 3.29. The van der Waals surface area contributed by atoms with Gasteiger partial charge in [0, 0.05) is 0 Å². The summed E-state index contributed by atoms with van der Waals surface area (Å²) in [5, 5.41) is 0. The van der Waals surface area contributed by atoms with Gasteiger partial charge in [-0.15, -0.1) is 0 Å². The molecule has 8 heavy (non-hydrogen) atoms. The summed E-state index contributed by atoms with van der Waals surface area (Å²) in [5.74, 6) is 0. The van der Waals surface area contributed by atoms with E-state index >= 15 is 0 Å². The summed E-state index contributed by atoms with van der Waals surface area (Å²) >= 11 is 3.27. The molecule has 0 bridgehead atoms. The SMILES string of the molecule is [Li+].[Li+].[Li+].[O-]P([O-])([O-])=S. The fourth-order valence-electron chi connectivity index (χ4n) is 0. The largest absolute Gasteiger partial charge is 1.00 e. The second-order valence-electron chi connectivity index (χ2n) is 0.447. The first-order valence-electron chi connectivity index (χ1n) is 0.730. The van der Waals surface area contributed by atoms with Crippen molar-refractivity contribution in [2.75, 3.05) is 0 Å². The fraction of sp³-hybridized carbons (Fsp3) is 0. The van der Waals surface area contributed by atoms with Crippen molar-refractivity contribution in [1.29, 1.82) is 0 Å². The quantitative estimate of drug-likeness (QED) is 0.242. The van der Waals surface area contributed by atoms with Gasteiger partial charge in [-0.05, 0) is 0 Å². The van der Waals surface area contributed by atoms with Crippen LogP contribution in [0.2, 0.25) is 0 Å². The molecule has 0 spiro atoms. The Hall–Kier alpha value is 2.32. The van der Waals surface area contributed by atoms with Gasteiger partial charge in [-0.2, -0.15) is 11.8 Å². The van der Waals surface area contributed by atoms with Gasteiger partial charge < -0.3 is 21.4 Å². The van der Waals surface area contributed by atoms with Gasteiger partial charge in [0.25, 0.3) is 0 Å². The Balaban J connectivity index is -0.0000000267. The van der Waals surface area contributed by atoms with Crippen molar-refractivity contribution >= 4 is 18.5 Å². The van der Waals surface area contributed by atoms with Crippen molar-refractivity contribution in [3.8, 4) is 0 Å². The number of rotatable bonds is 0. The van der Waals surface area contributed by atoms with Crippen molar-refractivity contribution < 1.29 is 71.3 Å². The summed E-state index contributed by atoms with van der Waals surface area (Å²) in [6.45, 7) is -4.56. The van der Waals surface area contributed by atoms with E-state index in [2.05, 4.69) is 11.8 Å². The molecule has 0 saturated heterocycles. The van der Waals surface area contributed by atoms with Gasteiger partial charge in [0.2, 0.25) is 0 Å². The normalized spacial score (nSPS) is 7.38. The molecule has 0 unspecified atom stereocenters. The van der Waals surface area contributed by atoms with Gasteiger partial charge in [0.15, 0.2) is 0 Å². The van der Waals surface area contributed by atoms with Gasteiger partial charge in [-0.3, -0.25) is 0 Å². The molecule has 0 aliphatic carbocycles. The van der Waals surface area contributed by atoms with E-state index in [9.17, 15) is 0 Å². The van der Waals surface area contributed by atoms with Crippen LogP contribution in [0.5, 0.6) is 0 Å². The zero-order chi connectivity index (χ0) is 4.50. The van der Waals surface area contributed by atoms with Crippen LogP contribution in [-0.4, -0.2) is 0 Å². The second-order valence-corrected chi connectivity index (χ2v) is 2.68. The third-order valence-corrected chi connectivity index (χ3v) is 0. The molecule has 0 fully saturated rings. The molecular formula is Li3O3PS. The maximum Gasteiger partial charge on any atom is 1.00 e. The molecule has 3 nitrogen and oxygen atoms in total. The standard InChI is InChI=1S/3Li.H3O3PS/c;;;1-4(2,3)5/h;;;(H3,1,2,3,5)/q3*+1;/p-3. The van der Waals surface area contributed by atoms with Crippen LogP contribution in [0.15, 0.2) is 0 Å². The Morgan fingerprint density at radius 2 is 0.875 bits per heavy atom. The maximum atomic E-state index is 8.92. The van der Waals surface area contributed by atoms with E-state index in [1.54, 1.807) is 0 Å². The van der Waals surface area contributed by atoms with Crippen LogP contribution in [0, 0.1) is 0 Å². The third-order valence-electron chi connectivity index (χ3n) is 0. The first-order chi connectivity index (χ1) is 2.00. The third kappa shape index (κ3) is 82.7. The van der Waals surface area contributed by atoms with Crippen LogP contribution in [-0.2, 0) is 11.8 Å². The van der Waals surface area contributed by atoms with Crippen LogP contribution in [0.25, 0.3) is 0 Å². The van der Waals surface area contributed by atoms with Crippen LogP contribution < -0.4 is 71.3 Å². The van der Waals surface area contributed by atoms with Gasteiger partial charge in [0.1, 0.15) is 0 Å². The summed E-state index contributed by atoms with van der Waals surface area (Å²) in [6.07, 6.45) is 0. The predicted octanol–water partition coefficient (Wildman–Crippen LogP) is -11.7. The van der Waals surface area contributed by atoms with Crippen molar-refractivity contribution in [3.05, 3.63) is 0 Å². The van der Waals surface area contributed by atoms with Crippen molar-refractivity contribution in [3.63, 3.8) is 0 Å². The fourth-order valence-corrected chi connectivity index (χ4v) is 0. The molecule has 8 heteroatoms. The van der Waals surface area contributed by atoms with Crippen molar-refractivity contribution in [2.45, 2.75) is 0 Å². The van der Waals surface area contributed by atoms with Crippen LogP contribution in [0.4, 0.5) is 0 Å². The zero-order valence-corrected chi connectivity index (χ0v) is 6.79. The summed E-state index contributed by atoms with van der Waals surface area (Å²) in [4.78, 5) is 26.8. The molecule has 0 atom stereocenters. The van der Waals surface area contributed by atoms with Gasteiger partial charge in [-0.25, -0.2) is 0 Å². The van der Waals surface area contributed by atoms with Crippen molar-refractivity contribution in [2.24, 2.45) is 0 Å². The minimum absolute atomic E-state index is 0. The summed E-state index contributed by atoms with van der Waals surface area (Å²) in [5.41, 5.74) is 0. The molecule has 0 aromatic rings. The molecule has 0 aromatic carbocycles. The Morgan fingerprint density at radius 1 is 0.875 bits per heavy atom. The Labute approximate surface area is 89.0 Å². The minimum Gasteiger partial charge on any atom is -0.844 e. The van der Waals surface area contributed by atoms with Gasteiger partial charge in [0.05, 0.1) is 0 Å². The van der Waals surface area contributed by atoms with E-state index in [1.807, 2.05) is 0 Å². The Morgan fingerprint density at radius 3 is 0.875 bits per heavy atom. The van der Waals surface area contributed by atoms with Gasteiger partial charge in [-0.1, -0.05) is 0 Å². The van der Waals surface area contributed by atoms with E-state index in [0.29, 0.717) is 0 Å². The van der Waals surface area contributed by atoms with E-state index in [0.717, 1.165) is 0 Å². The smallest absolute Gasteiger partial charge is 0.844 e. The van der Waals surface area contributed by atoms with Crippen LogP contribution in [0.1, 0.15) is 0 Å². The van der Waals surface area contributed by atoms with E-state index in [1.165, 1.54) is 0 Å². The van der Waals surface area contributed by atoms with E-state index < -0.39 is 6.72 Å². The maximum absolute atomic E-state index is 8.92. The topological polar surface area (TPSA) is 69.2 Å². The molecule has 0 N–H and O–H groups in total. The zero-order valence-electron chi connectivity index (χ0n) is 5.08. The monoisotopic (exact) mass is 132 g/mol. The summed E-state index contributed by atoms with van der Waals surface area (Å²) in [6, 6.07) is 0. The molecule has 0 aromatic heterocycles. The van der Waals surface area contributed by atoms with Crippen LogP contribution in [0.3, 0.4) is 0 Å².